The molecule has 0 spiro atoms. The Morgan fingerprint density at radius 1 is 0.253 bits per heavy atom. The zero-order valence-electron chi connectivity index (χ0n) is 53.2. The second-order valence-corrected chi connectivity index (χ2v) is 23.8. The van der Waals surface area contributed by atoms with Gasteiger partial charge in [0.1, 0.15) is 13.2 Å². The van der Waals surface area contributed by atoms with Crippen molar-refractivity contribution in [3.8, 4) is 0 Å². The lowest BCUT2D eigenvalue weighted by Gasteiger charge is -2.18. The Labute approximate surface area is 492 Å². The van der Waals surface area contributed by atoms with Crippen LogP contribution in [0.1, 0.15) is 380 Å². The minimum atomic E-state index is -0.777. The zero-order valence-corrected chi connectivity index (χ0v) is 53.2. The largest absolute Gasteiger partial charge is 0.462 e. The third-order valence-corrected chi connectivity index (χ3v) is 15.8. The molecule has 0 aliphatic rings. The molecule has 0 aromatic rings. The molecule has 79 heavy (non-hydrogen) atoms. The summed E-state index contributed by atoms with van der Waals surface area (Å²) in [5.41, 5.74) is 0. The van der Waals surface area contributed by atoms with Crippen molar-refractivity contribution in [1.82, 2.24) is 0 Å². The molecule has 462 valence electrons. The van der Waals surface area contributed by atoms with E-state index in [1.807, 2.05) is 0 Å². The van der Waals surface area contributed by atoms with Crippen LogP contribution < -0.4 is 0 Å². The molecule has 0 saturated heterocycles. The summed E-state index contributed by atoms with van der Waals surface area (Å²) in [4.78, 5) is 38.5. The lowest BCUT2D eigenvalue weighted by atomic mass is 10.0. The minimum Gasteiger partial charge on any atom is -0.462 e. The van der Waals surface area contributed by atoms with Crippen LogP contribution in [0, 0.1) is 0 Å². The molecule has 0 amide bonds. The van der Waals surface area contributed by atoms with Crippen molar-refractivity contribution in [2.45, 2.75) is 386 Å². The summed E-state index contributed by atoms with van der Waals surface area (Å²) in [6.45, 7) is 6.67. The van der Waals surface area contributed by atoms with Gasteiger partial charge in [-0.2, -0.15) is 0 Å². The molecule has 0 bridgehead atoms. The smallest absolute Gasteiger partial charge is 0.306 e. The van der Waals surface area contributed by atoms with Gasteiger partial charge in [0.15, 0.2) is 6.10 Å². The van der Waals surface area contributed by atoms with Crippen molar-refractivity contribution in [1.29, 1.82) is 0 Å². The van der Waals surface area contributed by atoms with Crippen molar-refractivity contribution < 1.29 is 28.6 Å². The normalized spacial score (nSPS) is 12.3. The standard InChI is InChI=1S/C73H134O6/c1-4-7-10-13-16-19-22-25-28-31-33-35-36-38-39-42-45-48-51-54-57-60-63-66-72(75)78-69-70(68-77-71(74)65-62-59-56-53-50-47-44-41-30-27-24-21-18-15-12-9-6-3)79-73(76)67-64-61-58-55-52-49-46-43-40-37-34-32-29-26-23-20-17-14-11-8-5-2/h18,21-22,25,27,30-31,33,70H,4-17,19-20,23-24,26,28-29,32,34-69H2,1-3H3/b21-18-,25-22-,30-27-,33-31-. The van der Waals surface area contributed by atoms with Gasteiger partial charge in [-0.3, -0.25) is 14.4 Å². The van der Waals surface area contributed by atoms with Crippen LogP contribution in [-0.4, -0.2) is 37.2 Å². The predicted octanol–water partition coefficient (Wildman–Crippen LogP) is 24.1. The highest BCUT2D eigenvalue weighted by Gasteiger charge is 2.19. The maximum Gasteiger partial charge on any atom is 0.306 e. The molecule has 1 atom stereocenters. The topological polar surface area (TPSA) is 78.9 Å². The molecule has 0 fully saturated rings. The molecule has 1 unspecified atom stereocenters. The maximum absolute atomic E-state index is 13.0. The first-order chi connectivity index (χ1) is 39.0. The Balaban J connectivity index is 4.32. The third-order valence-electron chi connectivity index (χ3n) is 15.8. The Kier molecular flexibility index (Phi) is 65.6. The SMILES string of the molecule is CCCCC/C=C\C/C=C\CCCCCCCCCC(=O)OCC(COC(=O)CCCCCCCCCCCCC/C=C\C/C=C\CCCCCCC)OC(=O)CCCCCCCCCCCCCCCCCCCCCCC. The van der Waals surface area contributed by atoms with E-state index in [1.54, 1.807) is 0 Å². The van der Waals surface area contributed by atoms with Crippen LogP contribution in [0.15, 0.2) is 48.6 Å². The number of hydrogen-bond acceptors (Lipinski definition) is 6. The van der Waals surface area contributed by atoms with Gasteiger partial charge in [0, 0.05) is 19.3 Å². The van der Waals surface area contributed by atoms with Gasteiger partial charge in [0.2, 0.25) is 0 Å². The third kappa shape index (κ3) is 66.1. The van der Waals surface area contributed by atoms with Gasteiger partial charge in [0.25, 0.3) is 0 Å². The van der Waals surface area contributed by atoms with Crippen molar-refractivity contribution in [2.24, 2.45) is 0 Å². The van der Waals surface area contributed by atoms with E-state index < -0.39 is 6.10 Å². The van der Waals surface area contributed by atoms with Gasteiger partial charge in [-0.05, 0) is 83.5 Å². The first-order valence-corrected chi connectivity index (χ1v) is 35.1. The molecule has 0 N–H and O–H groups in total. The number of ether oxygens (including phenoxy) is 3. The number of esters is 3. The quantitative estimate of drug-likeness (QED) is 0.0261. The lowest BCUT2D eigenvalue weighted by Crippen LogP contribution is -2.30. The summed E-state index contributed by atoms with van der Waals surface area (Å²) >= 11 is 0. The Morgan fingerprint density at radius 3 is 0.722 bits per heavy atom. The van der Waals surface area contributed by atoms with E-state index in [2.05, 4.69) is 69.4 Å². The second kappa shape index (κ2) is 67.9. The number of rotatable bonds is 65. The van der Waals surface area contributed by atoms with Crippen molar-refractivity contribution in [3.63, 3.8) is 0 Å². The molecule has 0 aliphatic heterocycles. The molecule has 0 aromatic carbocycles. The van der Waals surface area contributed by atoms with E-state index in [9.17, 15) is 14.4 Å². The number of allylic oxidation sites excluding steroid dienone is 8. The van der Waals surface area contributed by atoms with E-state index in [0.717, 1.165) is 77.0 Å². The molecule has 0 aromatic heterocycles. The number of carbonyl (C=O) groups is 3. The van der Waals surface area contributed by atoms with Gasteiger partial charge in [-0.25, -0.2) is 0 Å². The molecule has 6 nitrogen and oxygen atoms in total. The fourth-order valence-electron chi connectivity index (χ4n) is 10.5. The molecule has 0 heterocycles. The number of unbranched alkanes of at least 4 members (excludes halogenated alkanes) is 46. The van der Waals surface area contributed by atoms with E-state index in [1.165, 1.54) is 263 Å². The molecule has 0 aliphatic carbocycles. The van der Waals surface area contributed by atoms with Crippen molar-refractivity contribution in [2.75, 3.05) is 13.2 Å². The monoisotopic (exact) mass is 1110 g/mol. The lowest BCUT2D eigenvalue weighted by molar-refractivity contribution is -0.167. The van der Waals surface area contributed by atoms with Gasteiger partial charge in [-0.15, -0.1) is 0 Å². The average Bonchev–Trinajstić information content (AvgIpc) is 3.45. The minimum absolute atomic E-state index is 0.0726. The summed E-state index contributed by atoms with van der Waals surface area (Å²) in [6.07, 6.45) is 85.6. The van der Waals surface area contributed by atoms with Crippen molar-refractivity contribution in [3.05, 3.63) is 48.6 Å². The van der Waals surface area contributed by atoms with Crippen LogP contribution in [0.25, 0.3) is 0 Å². The average molecular weight is 1110 g/mol. The van der Waals surface area contributed by atoms with Gasteiger partial charge in [0.05, 0.1) is 0 Å². The first kappa shape index (κ1) is 76.4. The van der Waals surface area contributed by atoms with Gasteiger partial charge < -0.3 is 14.2 Å². The van der Waals surface area contributed by atoms with E-state index in [-0.39, 0.29) is 31.1 Å². The van der Waals surface area contributed by atoms with Crippen molar-refractivity contribution >= 4 is 17.9 Å². The van der Waals surface area contributed by atoms with Crippen LogP contribution >= 0.6 is 0 Å². The maximum atomic E-state index is 13.0. The summed E-state index contributed by atoms with van der Waals surface area (Å²) < 4.78 is 17.0. The molecule has 0 rings (SSSR count). The van der Waals surface area contributed by atoms with E-state index in [0.29, 0.717) is 19.3 Å². The summed E-state index contributed by atoms with van der Waals surface area (Å²) in [7, 11) is 0. The van der Waals surface area contributed by atoms with Gasteiger partial charge >= 0.3 is 17.9 Å². The summed E-state index contributed by atoms with van der Waals surface area (Å²) in [5, 5.41) is 0. The Morgan fingerprint density at radius 2 is 0.456 bits per heavy atom. The van der Waals surface area contributed by atoms with E-state index in [4.69, 9.17) is 14.2 Å². The van der Waals surface area contributed by atoms with Crippen LogP contribution in [-0.2, 0) is 28.6 Å². The Bertz CT molecular complexity index is 1360. The summed E-state index contributed by atoms with van der Waals surface area (Å²) in [5.74, 6) is -0.855. The predicted molar refractivity (Wildman–Crippen MR) is 344 cm³/mol. The highest BCUT2D eigenvalue weighted by molar-refractivity contribution is 5.71. The molecular weight excluding hydrogens is 973 g/mol. The van der Waals surface area contributed by atoms with Crippen LogP contribution in [0.4, 0.5) is 0 Å². The fraction of sp³-hybridized carbons (Fsp3) is 0.849. The number of carbonyl (C=O) groups excluding carboxylic acids is 3. The Hall–Kier alpha value is -2.63. The zero-order chi connectivity index (χ0) is 57.1. The van der Waals surface area contributed by atoms with E-state index >= 15 is 0 Å². The molecular formula is C73H134O6. The number of hydrogen-bond donors (Lipinski definition) is 0. The molecule has 6 heteroatoms. The molecule has 0 radical (unpaired) electrons. The van der Waals surface area contributed by atoms with Crippen LogP contribution in [0.5, 0.6) is 0 Å². The highest BCUT2D eigenvalue weighted by Crippen LogP contribution is 2.18. The second-order valence-electron chi connectivity index (χ2n) is 23.8. The fourth-order valence-corrected chi connectivity index (χ4v) is 10.5. The van der Waals surface area contributed by atoms with Gasteiger partial charge in [-0.1, -0.05) is 326 Å². The first-order valence-electron chi connectivity index (χ1n) is 35.1. The summed E-state index contributed by atoms with van der Waals surface area (Å²) in [6, 6.07) is 0. The molecule has 0 saturated carbocycles. The van der Waals surface area contributed by atoms with Crippen LogP contribution in [0.3, 0.4) is 0 Å². The highest BCUT2D eigenvalue weighted by atomic mass is 16.6. The van der Waals surface area contributed by atoms with Crippen LogP contribution in [0.2, 0.25) is 0 Å².